The van der Waals surface area contributed by atoms with Crippen LogP contribution in [0.2, 0.25) is 0 Å². The van der Waals surface area contributed by atoms with Gasteiger partial charge in [0, 0.05) is 18.3 Å². The van der Waals surface area contributed by atoms with Gasteiger partial charge in [-0.15, -0.1) is 0 Å². The molecule has 1 saturated heterocycles. The van der Waals surface area contributed by atoms with Crippen molar-refractivity contribution < 1.29 is 16.8 Å². The van der Waals surface area contributed by atoms with Gasteiger partial charge in [0.2, 0.25) is 10.0 Å². The lowest BCUT2D eigenvalue weighted by Crippen LogP contribution is -2.41. The van der Waals surface area contributed by atoms with Crippen molar-refractivity contribution in [3.8, 4) is 0 Å². The Bertz CT molecular complexity index is 1030. The lowest BCUT2D eigenvalue weighted by Gasteiger charge is -2.32. The van der Waals surface area contributed by atoms with E-state index >= 15 is 0 Å². The lowest BCUT2D eigenvalue weighted by molar-refractivity contribution is 0.268. The number of anilines is 1. The molecule has 1 heterocycles. The molecule has 2 aromatic carbocycles. The molecule has 3 rings (SSSR count). The molecule has 0 aliphatic carbocycles. The zero-order valence-electron chi connectivity index (χ0n) is 15.7. The average Bonchev–Trinajstić information content (AvgIpc) is 2.68. The van der Waals surface area contributed by atoms with Crippen LogP contribution in [0.25, 0.3) is 6.08 Å². The number of piperidine rings is 1. The predicted octanol–water partition coefficient (Wildman–Crippen LogP) is 3.66. The van der Waals surface area contributed by atoms with Gasteiger partial charge < -0.3 is 0 Å². The molecule has 0 spiro atoms. The quantitative estimate of drug-likeness (QED) is 0.773. The third-order valence-electron chi connectivity index (χ3n) is 4.70. The Hall–Kier alpha value is -2.16. The fourth-order valence-corrected chi connectivity index (χ4v) is 5.76. The van der Waals surface area contributed by atoms with Crippen LogP contribution in [0.1, 0.15) is 31.7 Å². The highest BCUT2D eigenvalue weighted by molar-refractivity contribution is 7.95. The SMILES string of the molecule is C[C@H]1CCCCN1S(=O)(=O)c1ccc(NS(=O)(=O)/C=C/c2ccccc2)cc1. The molecule has 1 aliphatic heterocycles. The van der Waals surface area contributed by atoms with Gasteiger partial charge in [0.25, 0.3) is 10.0 Å². The zero-order chi connectivity index (χ0) is 20.2. The van der Waals surface area contributed by atoms with E-state index in [0.29, 0.717) is 12.2 Å². The number of sulfonamides is 2. The van der Waals surface area contributed by atoms with Crippen LogP contribution in [-0.4, -0.2) is 33.7 Å². The number of nitrogens with zero attached hydrogens (tertiary/aromatic N) is 1. The second kappa shape index (κ2) is 8.46. The number of nitrogens with one attached hydrogen (secondary N) is 1. The van der Waals surface area contributed by atoms with Crippen molar-refractivity contribution in [1.29, 1.82) is 0 Å². The second-order valence-electron chi connectivity index (χ2n) is 6.85. The Morgan fingerprint density at radius 1 is 0.964 bits per heavy atom. The summed E-state index contributed by atoms with van der Waals surface area (Å²) < 4.78 is 54.1. The smallest absolute Gasteiger partial charge is 0.255 e. The first-order chi connectivity index (χ1) is 13.3. The largest absolute Gasteiger partial charge is 0.280 e. The van der Waals surface area contributed by atoms with Gasteiger partial charge in [-0.25, -0.2) is 16.8 Å². The monoisotopic (exact) mass is 420 g/mol. The van der Waals surface area contributed by atoms with Crippen LogP contribution in [-0.2, 0) is 20.0 Å². The van der Waals surface area contributed by atoms with E-state index in [2.05, 4.69) is 4.72 Å². The van der Waals surface area contributed by atoms with Crippen LogP contribution in [0, 0.1) is 0 Å². The molecule has 0 bridgehead atoms. The Balaban J connectivity index is 1.73. The van der Waals surface area contributed by atoms with Crippen LogP contribution < -0.4 is 4.72 Å². The van der Waals surface area contributed by atoms with E-state index in [-0.39, 0.29) is 10.9 Å². The van der Waals surface area contributed by atoms with Crippen LogP contribution in [0.4, 0.5) is 5.69 Å². The average molecular weight is 421 g/mol. The van der Waals surface area contributed by atoms with Crippen molar-refractivity contribution >= 4 is 31.8 Å². The third kappa shape index (κ3) is 5.01. The van der Waals surface area contributed by atoms with E-state index in [9.17, 15) is 16.8 Å². The molecule has 28 heavy (non-hydrogen) atoms. The van der Waals surface area contributed by atoms with Crippen molar-refractivity contribution in [3.05, 3.63) is 65.6 Å². The van der Waals surface area contributed by atoms with Crippen LogP contribution in [0.3, 0.4) is 0 Å². The first-order valence-corrected chi connectivity index (χ1v) is 12.1. The molecule has 0 aromatic heterocycles. The van der Waals surface area contributed by atoms with Gasteiger partial charge in [0.1, 0.15) is 0 Å². The van der Waals surface area contributed by atoms with E-state index in [1.54, 1.807) is 12.1 Å². The number of hydrogen-bond acceptors (Lipinski definition) is 4. The summed E-state index contributed by atoms with van der Waals surface area (Å²) in [4.78, 5) is 0.170. The van der Waals surface area contributed by atoms with Gasteiger partial charge in [0.05, 0.1) is 10.3 Å². The van der Waals surface area contributed by atoms with Crippen molar-refractivity contribution in [2.75, 3.05) is 11.3 Å². The fourth-order valence-electron chi connectivity index (χ4n) is 3.19. The van der Waals surface area contributed by atoms with Gasteiger partial charge in [-0.3, -0.25) is 4.72 Å². The molecule has 1 N–H and O–H groups in total. The summed E-state index contributed by atoms with van der Waals surface area (Å²) in [6.07, 6.45) is 4.24. The lowest BCUT2D eigenvalue weighted by atomic mass is 10.1. The van der Waals surface area contributed by atoms with Crippen molar-refractivity contribution in [3.63, 3.8) is 0 Å². The highest BCUT2D eigenvalue weighted by Gasteiger charge is 2.30. The maximum absolute atomic E-state index is 12.8. The van der Waals surface area contributed by atoms with E-state index < -0.39 is 20.0 Å². The number of benzene rings is 2. The summed E-state index contributed by atoms with van der Waals surface area (Å²) in [7, 11) is -7.28. The molecular formula is C20H24N2O4S2. The first kappa shape index (κ1) is 20.6. The van der Waals surface area contributed by atoms with Crippen molar-refractivity contribution in [2.45, 2.75) is 37.1 Å². The summed E-state index contributed by atoms with van der Waals surface area (Å²) >= 11 is 0. The summed E-state index contributed by atoms with van der Waals surface area (Å²) in [6.45, 7) is 2.43. The fraction of sp³-hybridized carbons (Fsp3) is 0.300. The molecule has 0 unspecified atom stereocenters. The summed E-state index contributed by atoms with van der Waals surface area (Å²) in [6, 6.07) is 14.9. The Kier molecular flexibility index (Phi) is 6.22. The maximum Gasteiger partial charge on any atom is 0.255 e. The van der Waals surface area contributed by atoms with Crippen LogP contribution in [0.15, 0.2) is 64.9 Å². The van der Waals surface area contributed by atoms with Gasteiger partial charge in [0.15, 0.2) is 0 Å². The highest BCUT2D eigenvalue weighted by Crippen LogP contribution is 2.26. The van der Waals surface area contributed by atoms with E-state index in [0.717, 1.165) is 30.2 Å². The minimum absolute atomic E-state index is 0.0277. The molecule has 0 amide bonds. The second-order valence-corrected chi connectivity index (χ2v) is 10.3. The van der Waals surface area contributed by atoms with Gasteiger partial charge in [-0.2, -0.15) is 4.31 Å². The predicted molar refractivity (Wildman–Crippen MR) is 112 cm³/mol. The molecular weight excluding hydrogens is 396 g/mol. The van der Waals surface area contributed by atoms with Crippen LogP contribution >= 0.6 is 0 Å². The molecule has 2 aromatic rings. The molecule has 1 fully saturated rings. The Morgan fingerprint density at radius 2 is 1.64 bits per heavy atom. The van der Waals surface area contributed by atoms with Crippen molar-refractivity contribution in [2.24, 2.45) is 0 Å². The molecule has 6 nitrogen and oxygen atoms in total. The molecule has 150 valence electrons. The molecule has 0 saturated carbocycles. The van der Waals surface area contributed by atoms with Gasteiger partial charge in [-0.1, -0.05) is 36.8 Å². The number of hydrogen-bond donors (Lipinski definition) is 1. The van der Waals surface area contributed by atoms with Crippen molar-refractivity contribution in [1.82, 2.24) is 4.31 Å². The third-order valence-corrected chi connectivity index (χ3v) is 7.74. The normalized spacial score (nSPS) is 19.0. The Morgan fingerprint density at radius 3 is 2.29 bits per heavy atom. The summed E-state index contributed by atoms with van der Waals surface area (Å²) in [5.41, 5.74) is 1.08. The summed E-state index contributed by atoms with van der Waals surface area (Å²) in [5, 5.41) is 1.09. The minimum atomic E-state index is -3.70. The standard InChI is InChI=1S/C20H24N2O4S2/c1-17-7-5-6-15-22(17)28(25,26)20-12-10-19(11-13-20)21-27(23,24)16-14-18-8-3-2-4-9-18/h2-4,8-14,16-17,21H,5-7,15H2,1H3/b16-14+/t17-/m0/s1. The molecule has 1 atom stereocenters. The molecule has 8 heteroatoms. The number of rotatable bonds is 6. The topological polar surface area (TPSA) is 83.6 Å². The Labute approximate surface area is 167 Å². The molecule has 1 aliphatic rings. The zero-order valence-corrected chi connectivity index (χ0v) is 17.3. The van der Waals surface area contributed by atoms with E-state index in [4.69, 9.17) is 0 Å². The van der Waals surface area contributed by atoms with E-state index in [1.165, 1.54) is 34.6 Å². The first-order valence-electron chi connectivity index (χ1n) is 9.16. The molecule has 0 radical (unpaired) electrons. The van der Waals surface area contributed by atoms with E-state index in [1.807, 2.05) is 25.1 Å². The maximum atomic E-state index is 12.8. The highest BCUT2D eigenvalue weighted by atomic mass is 32.2. The minimum Gasteiger partial charge on any atom is -0.280 e. The van der Waals surface area contributed by atoms with Crippen LogP contribution in [0.5, 0.6) is 0 Å². The van der Waals surface area contributed by atoms with Gasteiger partial charge >= 0.3 is 0 Å². The summed E-state index contributed by atoms with van der Waals surface area (Å²) in [5.74, 6) is 0. The van der Waals surface area contributed by atoms with Gasteiger partial charge in [-0.05, 0) is 55.7 Å².